The number of hydrogen-bond acceptors (Lipinski definition) is 2. The van der Waals surface area contributed by atoms with Gasteiger partial charge in [-0.2, -0.15) is 0 Å². The molecular formula is C18H19FN2O. The second-order valence-electron chi connectivity index (χ2n) is 6.58. The smallest absolute Gasteiger partial charge is 0.214 e. The van der Waals surface area contributed by atoms with Gasteiger partial charge in [0.05, 0.1) is 11.4 Å². The molecule has 3 rings (SSSR count). The van der Waals surface area contributed by atoms with Gasteiger partial charge < -0.3 is 4.90 Å². The molecule has 0 unspecified atom stereocenters. The van der Waals surface area contributed by atoms with E-state index in [1.54, 1.807) is 11.0 Å². The summed E-state index contributed by atoms with van der Waals surface area (Å²) in [7, 11) is 0. The van der Waals surface area contributed by atoms with Crippen molar-refractivity contribution in [2.45, 2.75) is 32.6 Å². The highest BCUT2D eigenvalue weighted by Crippen LogP contribution is 2.38. The van der Waals surface area contributed by atoms with Crippen molar-refractivity contribution in [2.24, 2.45) is 0 Å². The van der Waals surface area contributed by atoms with Crippen LogP contribution in [0.5, 0.6) is 0 Å². The second-order valence-corrected chi connectivity index (χ2v) is 6.58. The van der Waals surface area contributed by atoms with Gasteiger partial charge in [0, 0.05) is 18.2 Å². The van der Waals surface area contributed by atoms with Crippen molar-refractivity contribution in [2.75, 3.05) is 11.4 Å². The summed E-state index contributed by atoms with van der Waals surface area (Å²) in [6.45, 7) is 6.73. The van der Waals surface area contributed by atoms with Crippen molar-refractivity contribution < 1.29 is 9.18 Å². The molecule has 114 valence electrons. The first-order valence-electron chi connectivity index (χ1n) is 7.37. The zero-order valence-corrected chi connectivity index (χ0v) is 13.1. The number of pyridine rings is 1. The van der Waals surface area contributed by atoms with Crippen molar-refractivity contribution >= 4 is 12.1 Å². The van der Waals surface area contributed by atoms with Gasteiger partial charge in [-0.05, 0) is 48.2 Å². The van der Waals surface area contributed by atoms with Gasteiger partial charge in [0.1, 0.15) is 5.82 Å². The molecular weight excluding hydrogens is 279 g/mol. The fourth-order valence-corrected chi connectivity index (χ4v) is 3.09. The number of anilines is 1. The van der Waals surface area contributed by atoms with Crippen LogP contribution in [0.25, 0.3) is 0 Å². The van der Waals surface area contributed by atoms with Crippen LogP contribution in [-0.2, 0) is 16.6 Å². The molecule has 0 atom stereocenters. The fraction of sp³-hybridized carbons (Fsp3) is 0.333. The summed E-state index contributed by atoms with van der Waals surface area (Å²) in [5, 5.41) is 0. The Kier molecular flexibility index (Phi) is 3.47. The maximum atomic E-state index is 13.2. The van der Waals surface area contributed by atoms with Gasteiger partial charge in [-0.3, -0.25) is 9.78 Å². The molecule has 4 heteroatoms. The maximum Gasteiger partial charge on any atom is 0.214 e. The summed E-state index contributed by atoms with van der Waals surface area (Å²) in [5.41, 5.74) is 4.74. The number of aryl methyl sites for hydroxylation is 1. The lowest BCUT2D eigenvalue weighted by molar-refractivity contribution is -0.107. The Hall–Kier alpha value is -2.23. The first-order valence-corrected chi connectivity index (χ1v) is 7.37. The molecule has 1 aliphatic heterocycles. The zero-order chi connectivity index (χ0) is 15.9. The van der Waals surface area contributed by atoms with Gasteiger partial charge in [0.25, 0.3) is 0 Å². The van der Waals surface area contributed by atoms with E-state index in [1.807, 2.05) is 19.2 Å². The Morgan fingerprint density at radius 3 is 2.82 bits per heavy atom. The van der Waals surface area contributed by atoms with Crippen LogP contribution in [-0.4, -0.2) is 17.9 Å². The van der Waals surface area contributed by atoms with E-state index < -0.39 is 0 Å². The van der Waals surface area contributed by atoms with Crippen molar-refractivity contribution in [3.63, 3.8) is 0 Å². The van der Waals surface area contributed by atoms with E-state index in [9.17, 15) is 9.18 Å². The Balaban J connectivity index is 1.96. The molecule has 1 aliphatic rings. The van der Waals surface area contributed by atoms with Crippen LogP contribution in [0.2, 0.25) is 0 Å². The third-order valence-electron chi connectivity index (χ3n) is 4.27. The minimum atomic E-state index is -0.220. The number of halogens is 1. The quantitative estimate of drug-likeness (QED) is 0.814. The third kappa shape index (κ3) is 2.49. The largest absolute Gasteiger partial charge is 0.312 e. The molecule has 3 nitrogen and oxygen atoms in total. The lowest BCUT2D eigenvalue weighted by atomic mass is 9.91. The Labute approximate surface area is 129 Å². The molecule has 2 aromatic rings. The van der Waals surface area contributed by atoms with Crippen LogP contribution >= 0.6 is 0 Å². The number of rotatable bonds is 3. The molecule has 0 radical (unpaired) electrons. The van der Waals surface area contributed by atoms with Gasteiger partial charge in [0.15, 0.2) is 0 Å². The number of amides is 1. The van der Waals surface area contributed by atoms with Crippen LogP contribution in [0.1, 0.15) is 36.2 Å². The number of carbonyl (C=O) groups is 1. The van der Waals surface area contributed by atoms with E-state index >= 15 is 0 Å². The van der Waals surface area contributed by atoms with E-state index in [2.05, 4.69) is 18.8 Å². The minimum Gasteiger partial charge on any atom is -0.312 e. The summed E-state index contributed by atoms with van der Waals surface area (Å²) in [4.78, 5) is 17.6. The Bertz CT molecular complexity index is 740. The van der Waals surface area contributed by atoms with Crippen molar-refractivity contribution in [3.05, 3.63) is 58.7 Å². The van der Waals surface area contributed by atoms with E-state index in [4.69, 9.17) is 0 Å². The minimum absolute atomic E-state index is 0.124. The highest BCUT2D eigenvalue weighted by molar-refractivity contribution is 5.80. The van der Waals surface area contributed by atoms with Crippen LogP contribution in [0, 0.1) is 12.7 Å². The number of hydrogen-bond donors (Lipinski definition) is 0. The summed E-state index contributed by atoms with van der Waals surface area (Å²) in [5.74, 6) is -0.220. The Morgan fingerprint density at radius 1 is 1.36 bits per heavy atom. The van der Waals surface area contributed by atoms with Crippen LogP contribution < -0.4 is 4.90 Å². The van der Waals surface area contributed by atoms with Crippen LogP contribution in [0.4, 0.5) is 10.1 Å². The number of benzene rings is 1. The first-order chi connectivity index (χ1) is 10.4. The molecule has 2 heterocycles. The van der Waals surface area contributed by atoms with Gasteiger partial charge in [-0.1, -0.05) is 19.9 Å². The summed E-state index contributed by atoms with van der Waals surface area (Å²) in [6, 6.07) is 6.84. The first kappa shape index (κ1) is 14.7. The van der Waals surface area contributed by atoms with Crippen molar-refractivity contribution in [1.29, 1.82) is 0 Å². The van der Waals surface area contributed by atoms with E-state index in [0.717, 1.165) is 34.5 Å². The summed E-state index contributed by atoms with van der Waals surface area (Å²) < 4.78 is 13.2. The molecule has 0 fully saturated rings. The predicted octanol–water partition coefficient (Wildman–Crippen LogP) is 3.37. The third-order valence-corrected chi connectivity index (χ3v) is 4.27. The number of aromatic nitrogens is 1. The highest BCUT2D eigenvalue weighted by Gasteiger charge is 2.36. The standard InChI is InChI=1S/C18H19FN2O/c1-12-6-15(19)5-4-14(12)7-13-8-16-17(20-9-13)18(2,3)10-21(16)11-22/h4-6,8-9,11H,7,10H2,1-3H3. The Morgan fingerprint density at radius 2 is 2.14 bits per heavy atom. The van der Waals surface area contributed by atoms with Crippen molar-refractivity contribution in [3.8, 4) is 0 Å². The molecule has 0 saturated heterocycles. The lowest BCUT2D eigenvalue weighted by Crippen LogP contribution is -2.27. The molecule has 0 saturated carbocycles. The topological polar surface area (TPSA) is 33.2 Å². The second kappa shape index (κ2) is 5.20. The molecule has 1 aromatic carbocycles. The molecule has 0 spiro atoms. The summed E-state index contributed by atoms with van der Waals surface area (Å²) in [6.07, 6.45) is 3.40. The van der Waals surface area contributed by atoms with Crippen LogP contribution in [0.15, 0.2) is 30.5 Å². The highest BCUT2D eigenvalue weighted by atomic mass is 19.1. The average molecular weight is 298 g/mol. The molecule has 22 heavy (non-hydrogen) atoms. The number of fused-ring (bicyclic) bond motifs is 1. The molecule has 1 amide bonds. The molecule has 0 bridgehead atoms. The van der Waals surface area contributed by atoms with Gasteiger partial charge in [-0.15, -0.1) is 0 Å². The molecule has 1 aromatic heterocycles. The van der Waals surface area contributed by atoms with Gasteiger partial charge >= 0.3 is 0 Å². The monoisotopic (exact) mass is 298 g/mol. The fourth-order valence-electron chi connectivity index (χ4n) is 3.09. The normalized spacial score (nSPS) is 15.7. The van der Waals surface area contributed by atoms with Crippen molar-refractivity contribution in [1.82, 2.24) is 4.98 Å². The number of carbonyl (C=O) groups excluding carboxylic acids is 1. The SMILES string of the molecule is Cc1cc(F)ccc1Cc1cnc2c(c1)N(C=O)CC2(C)C. The van der Waals surface area contributed by atoms with Crippen LogP contribution in [0.3, 0.4) is 0 Å². The van der Waals surface area contributed by atoms with E-state index in [1.165, 1.54) is 12.1 Å². The van der Waals surface area contributed by atoms with E-state index in [-0.39, 0.29) is 11.2 Å². The summed E-state index contributed by atoms with van der Waals surface area (Å²) >= 11 is 0. The number of nitrogens with zero attached hydrogens (tertiary/aromatic N) is 2. The maximum absolute atomic E-state index is 13.2. The zero-order valence-electron chi connectivity index (χ0n) is 13.1. The molecule has 0 aliphatic carbocycles. The lowest BCUT2D eigenvalue weighted by Gasteiger charge is -2.16. The van der Waals surface area contributed by atoms with Gasteiger partial charge in [0.2, 0.25) is 6.41 Å². The van der Waals surface area contributed by atoms with Gasteiger partial charge in [-0.25, -0.2) is 4.39 Å². The average Bonchev–Trinajstić information content (AvgIpc) is 2.73. The molecule has 0 N–H and O–H groups in total. The predicted molar refractivity (Wildman–Crippen MR) is 84.6 cm³/mol. The van der Waals surface area contributed by atoms with E-state index in [0.29, 0.717) is 13.0 Å².